The second-order valence-electron chi connectivity index (χ2n) is 2.10. The maximum Gasteiger partial charge on any atom is 0.124 e. The summed E-state index contributed by atoms with van der Waals surface area (Å²) in [5.74, 6) is 0. The van der Waals surface area contributed by atoms with Crippen LogP contribution in [0, 0.1) is 6.92 Å². The molecule has 0 aromatic heterocycles. The molecule has 0 aliphatic heterocycles. The molecule has 11 heavy (non-hydrogen) atoms. The molecule has 0 fully saturated rings. The Bertz CT molecular complexity index is 336. The molecule has 0 saturated heterocycles. The third-order valence-electron chi connectivity index (χ3n) is 1.21. The molecule has 0 bridgehead atoms. The summed E-state index contributed by atoms with van der Waals surface area (Å²) >= 11 is 0. The van der Waals surface area contributed by atoms with E-state index in [-0.39, 0.29) is 4.90 Å². The molecule has 59 valence electrons. The summed E-state index contributed by atoms with van der Waals surface area (Å²) in [6.45, 7) is 3.55. The van der Waals surface area contributed by atoms with E-state index in [4.69, 9.17) is 0 Å². The highest BCUT2D eigenvalue weighted by Crippen LogP contribution is 2.08. The molecule has 0 amide bonds. The average molecular weight is 170 g/mol. The first-order chi connectivity index (χ1) is 5.00. The molecule has 0 heterocycles. The molecule has 0 unspecified atom stereocenters. The summed E-state index contributed by atoms with van der Waals surface area (Å²) in [5.41, 5.74) is 0.678. The largest absolute Gasteiger partial charge is 0.744 e. The fourth-order valence-electron chi connectivity index (χ4n) is 0.656. The summed E-state index contributed by atoms with van der Waals surface area (Å²) in [4.78, 5) is -0.218. The maximum absolute atomic E-state index is 10.4. The monoisotopic (exact) mass is 170 g/mol. The van der Waals surface area contributed by atoms with Gasteiger partial charge >= 0.3 is 0 Å². The van der Waals surface area contributed by atoms with Crippen molar-refractivity contribution in [3.05, 3.63) is 36.8 Å². The molecule has 0 spiro atoms. The Morgan fingerprint density at radius 3 is 2.00 bits per heavy atom. The fourth-order valence-corrected chi connectivity index (χ4v) is 1.13. The molecule has 3 nitrogen and oxygen atoms in total. The topological polar surface area (TPSA) is 57.2 Å². The van der Waals surface area contributed by atoms with Gasteiger partial charge in [0.2, 0.25) is 0 Å². The van der Waals surface area contributed by atoms with E-state index in [2.05, 4.69) is 6.92 Å². The Kier molecular flexibility index (Phi) is 1.97. The van der Waals surface area contributed by atoms with E-state index in [1.54, 1.807) is 0 Å². The van der Waals surface area contributed by atoms with Crippen molar-refractivity contribution in [2.45, 2.75) is 4.90 Å². The van der Waals surface area contributed by atoms with E-state index >= 15 is 0 Å². The van der Waals surface area contributed by atoms with Crippen LogP contribution >= 0.6 is 0 Å². The zero-order chi connectivity index (χ0) is 8.48. The van der Waals surface area contributed by atoms with Crippen LogP contribution in [0.25, 0.3) is 0 Å². The second kappa shape index (κ2) is 2.64. The summed E-state index contributed by atoms with van der Waals surface area (Å²) < 4.78 is 31.1. The van der Waals surface area contributed by atoms with Crippen LogP contribution < -0.4 is 0 Å². The summed E-state index contributed by atoms with van der Waals surface area (Å²) in [7, 11) is -4.30. The zero-order valence-electron chi connectivity index (χ0n) is 5.65. The number of rotatable bonds is 1. The molecule has 0 aliphatic rings. The lowest BCUT2D eigenvalue weighted by molar-refractivity contribution is 0.463. The molecular formula is C7H6O3S-. The third-order valence-corrected chi connectivity index (χ3v) is 2.06. The Labute approximate surface area is 65.4 Å². The van der Waals surface area contributed by atoms with Crippen molar-refractivity contribution in [2.24, 2.45) is 0 Å². The second-order valence-corrected chi connectivity index (χ2v) is 3.48. The molecule has 0 N–H and O–H groups in total. The number of hydrogen-bond donors (Lipinski definition) is 0. The molecule has 0 atom stereocenters. The predicted octanol–water partition coefficient (Wildman–Crippen LogP) is 0.773. The van der Waals surface area contributed by atoms with E-state index < -0.39 is 10.1 Å². The van der Waals surface area contributed by atoms with Gasteiger partial charge < -0.3 is 4.55 Å². The lowest BCUT2D eigenvalue weighted by Crippen LogP contribution is -1.97. The van der Waals surface area contributed by atoms with Crippen LogP contribution in [0.15, 0.2) is 29.2 Å². The van der Waals surface area contributed by atoms with Crippen molar-refractivity contribution in [2.75, 3.05) is 0 Å². The van der Waals surface area contributed by atoms with Gasteiger partial charge in [-0.2, -0.15) is 0 Å². The molecule has 4 heteroatoms. The van der Waals surface area contributed by atoms with Crippen LogP contribution in [0.4, 0.5) is 0 Å². The standard InChI is InChI=1S/C7H7O3S/c1-6-2-4-7(5-3-6)11(8,9)10/h2-5H,1H2,(H,8,9,10)/p-1. The van der Waals surface area contributed by atoms with Gasteiger partial charge in [-0.05, 0) is 24.6 Å². The predicted molar refractivity (Wildman–Crippen MR) is 38.9 cm³/mol. The van der Waals surface area contributed by atoms with E-state index in [9.17, 15) is 13.0 Å². The zero-order valence-corrected chi connectivity index (χ0v) is 6.47. The van der Waals surface area contributed by atoms with E-state index in [0.717, 1.165) is 0 Å². The van der Waals surface area contributed by atoms with Crippen molar-refractivity contribution in [1.29, 1.82) is 0 Å². The lowest BCUT2D eigenvalue weighted by atomic mass is 10.2. The number of hydrogen-bond acceptors (Lipinski definition) is 3. The Morgan fingerprint density at radius 2 is 1.64 bits per heavy atom. The minimum atomic E-state index is -4.30. The highest BCUT2D eigenvalue weighted by Gasteiger charge is 1.97. The maximum atomic E-state index is 10.4. The first kappa shape index (κ1) is 8.23. The van der Waals surface area contributed by atoms with Crippen LogP contribution in [0.1, 0.15) is 5.56 Å². The van der Waals surface area contributed by atoms with E-state index in [0.29, 0.717) is 5.56 Å². The van der Waals surface area contributed by atoms with Gasteiger partial charge in [0.05, 0.1) is 4.90 Å². The van der Waals surface area contributed by atoms with Crippen molar-refractivity contribution in [1.82, 2.24) is 0 Å². The van der Waals surface area contributed by atoms with Crippen molar-refractivity contribution in [3.8, 4) is 0 Å². The minimum Gasteiger partial charge on any atom is -0.744 e. The Hall–Kier alpha value is -0.870. The lowest BCUT2D eigenvalue weighted by Gasteiger charge is -2.05. The highest BCUT2D eigenvalue weighted by atomic mass is 32.2. The minimum absolute atomic E-state index is 0.218. The van der Waals surface area contributed by atoms with Crippen molar-refractivity contribution in [3.63, 3.8) is 0 Å². The smallest absolute Gasteiger partial charge is 0.124 e. The first-order valence-electron chi connectivity index (χ1n) is 2.88. The summed E-state index contributed by atoms with van der Waals surface area (Å²) in [5, 5.41) is 0. The summed E-state index contributed by atoms with van der Waals surface area (Å²) in [6, 6.07) is 5.44. The molecule has 0 saturated carbocycles. The van der Waals surface area contributed by atoms with Crippen LogP contribution in [0.3, 0.4) is 0 Å². The molecule has 1 rings (SSSR count). The van der Waals surface area contributed by atoms with Crippen LogP contribution in [0.2, 0.25) is 0 Å². The van der Waals surface area contributed by atoms with Crippen LogP contribution in [-0.2, 0) is 10.1 Å². The highest BCUT2D eigenvalue weighted by molar-refractivity contribution is 7.85. The Morgan fingerprint density at radius 1 is 1.18 bits per heavy atom. The van der Waals surface area contributed by atoms with Crippen molar-refractivity contribution < 1.29 is 13.0 Å². The van der Waals surface area contributed by atoms with Gasteiger partial charge in [0.15, 0.2) is 0 Å². The fraction of sp³-hybridized carbons (Fsp3) is 0. The SMILES string of the molecule is [CH2]c1ccc(S(=O)(=O)[O-])cc1. The van der Waals surface area contributed by atoms with Gasteiger partial charge in [-0.25, -0.2) is 8.42 Å². The number of benzene rings is 1. The molecule has 1 radical (unpaired) electrons. The van der Waals surface area contributed by atoms with Crippen LogP contribution in [-0.4, -0.2) is 13.0 Å². The molecule has 1 aromatic rings. The van der Waals surface area contributed by atoms with Gasteiger partial charge in [0, 0.05) is 0 Å². The van der Waals surface area contributed by atoms with Gasteiger partial charge in [-0.1, -0.05) is 12.1 Å². The van der Waals surface area contributed by atoms with Gasteiger partial charge in [0.25, 0.3) is 0 Å². The third kappa shape index (κ3) is 2.03. The average Bonchev–Trinajstić information content (AvgIpc) is 1.86. The normalized spacial score (nSPS) is 11.5. The van der Waals surface area contributed by atoms with E-state index in [1.165, 1.54) is 24.3 Å². The first-order valence-corrected chi connectivity index (χ1v) is 4.29. The summed E-state index contributed by atoms with van der Waals surface area (Å²) in [6.07, 6.45) is 0. The van der Waals surface area contributed by atoms with Crippen LogP contribution in [0.5, 0.6) is 0 Å². The van der Waals surface area contributed by atoms with E-state index in [1.807, 2.05) is 0 Å². The molecule has 1 aromatic carbocycles. The molecular weight excluding hydrogens is 164 g/mol. The van der Waals surface area contributed by atoms with Gasteiger partial charge in [0.1, 0.15) is 10.1 Å². The van der Waals surface area contributed by atoms with Crippen molar-refractivity contribution >= 4 is 10.1 Å². The van der Waals surface area contributed by atoms with Gasteiger partial charge in [-0.3, -0.25) is 0 Å². The van der Waals surface area contributed by atoms with Gasteiger partial charge in [-0.15, -0.1) is 0 Å². The quantitative estimate of drug-likeness (QED) is 0.585. The molecule has 0 aliphatic carbocycles. The Balaban J connectivity index is 3.20.